The number of aliphatic carboxylic acids is 1. The lowest BCUT2D eigenvalue weighted by atomic mass is 9.91. The van der Waals surface area contributed by atoms with Crippen LogP contribution in [0, 0.1) is 12.3 Å². The number of ether oxygens (including phenoxy) is 1. The first-order chi connectivity index (χ1) is 15.8. The number of carbonyl (C=O) groups excluding carboxylic acids is 1. The van der Waals surface area contributed by atoms with E-state index < -0.39 is 11.9 Å². The van der Waals surface area contributed by atoms with Crippen LogP contribution < -0.4 is 20.7 Å². The minimum atomic E-state index is -0.989. The molecule has 0 saturated carbocycles. The molecule has 0 spiro atoms. The van der Waals surface area contributed by atoms with Crippen molar-refractivity contribution in [3.05, 3.63) is 65.9 Å². The van der Waals surface area contributed by atoms with Crippen molar-refractivity contribution in [1.29, 1.82) is 5.41 Å². The van der Waals surface area contributed by atoms with Gasteiger partial charge in [0, 0.05) is 18.0 Å². The van der Waals surface area contributed by atoms with Crippen LogP contribution in [0.3, 0.4) is 0 Å². The number of aryl methyl sites for hydroxylation is 1. The molecule has 0 saturated heterocycles. The molecule has 172 valence electrons. The molecule has 0 fully saturated rings. The number of aromatic nitrogens is 1. The monoisotopic (exact) mass is 467 g/mol. The van der Waals surface area contributed by atoms with E-state index in [2.05, 4.69) is 10.3 Å². The largest absolute Gasteiger partial charge is 0.497 e. The van der Waals surface area contributed by atoms with Gasteiger partial charge in [-0.2, -0.15) is 0 Å². The SMILES string of the molecule is COc1ccc(C(CC(=O)O)CC(=O)N(c2ccccc2)c2sc(NC(=N)N)nc2C)cc1. The molecule has 3 rings (SSSR count). The highest BCUT2D eigenvalue weighted by molar-refractivity contribution is 7.20. The minimum absolute atomic E-state index is 0.0274. The number of anilines is 3. The summed E-state index contributed by atoms with van der Waals surface area (Å²) < 4.78 is 5.18. The standard InChI is InChI=1S/C23H25N5O4S/c1-14-21(33-23(26-14)27-22(24)25)28(17-6-4-3-5-7-17)19(29)12-16(13-20(30)31)15-8-10-18(32-2)11-9-15/h3-11,16H,12-13H2,1-2H3,(H,30,31)(H4,24,25,26,27). The summed E-state index contributed by atoms with van der Waals surface area (Å²) >= 11 is 1.19. The lowest BCUT2D eigenvalue weighted by molar-refractivity contribution is -0.137. The molecule has 10 heteroatoms. The molecule has 1 unspecified atom stereocenters. The number of benzene rings is 2. The number of methoxy groups -OCH3 is 1. The first-order valence-corrected chi connectivity index (χ1v) is 10.9. The Morgan fingerprint density at radius 1 is 1.18 bits per heavy atom. The number of guanidine groups is 1. The average molecular weight is 468 g/mol. The molecule has 0 aliphatic carbocycles. The minimum Gasteiger partial charge on any atom is -0.497 e. The Morgan fingerprint density at radius 2 is 1.85 bits per heavy atom. The molecule has 3 aromatic rings. The van der Waals surface area contributed by atoms with Gasteiger partial charge >= 0.3 is 5.97 Å². The Morgan fingerprint density at radius 3 is 2.42 bits per heavy atom. The molecule has 0 aliphatic rings. The molecule has 1 atom stereocenters. The number of amides is 1. The molecule has 1 amide bonds. The Labute approximate surface area is 195 Å². The molecular weight excluding hydrogens is 442 g/mol. The van der Waals surface area contributed by atoms with Crippen LogP contribution in [0.2, 0.25) is 0 Å². The maximum atomic E-state index is 13.6. The van der Waals surface area contributed by atoms with Crippen molar-refractivity contribution in [1.82, 2.24) is 4.98 Å². The second kappa shape index (κ2) is 10.6. The van der Waals surface area contributed by atoms with Crippen LogP contribution >= 0.6 is 11.3 Å². The molecule has 9 nitrogen and oxygen atoms in total. The van der Waals surface area contributed by atoms with Gasteiger partial charge in [-0.25, -0.2) is 4.98 Å². The van der Waals surface area contributed by atoms with Crippen LogP contribution in [0.15, 0.2) is 54.6 Å². The van der Waals surface area contributed by atoms with Gasteiger partial charge in [-0.15, -0.1) is 0 Å². The summed E-state index contributed by atoms with van der Waals surface area (Å²) in [5.74, 6) is -1.40. The topological polar surface area (TPSA) is 142 Å². The highest BCUT2D eigenvalue weighted by atomic mass is 32.1. The molecule has 0 bridgehead atoms. The number of carboxylic acid groups (broad SMARTS) is 1. The highest BCUT2D eigenvalue weighted by Gasteiger charge is 2.27. The number of nitrogens with one attached hydrogen (secondary N) is 2. The number of nitrogens with zero attached hydrogens (tertiary/aromatic N) is 2. The van der Waals surface area contributed by atoms with Gasteiger partial charge in [0.25, 0.3) is 0 Å². The molecule has 2 aromatic carbocycles. The van der Waals surface area contributed by atoms with Crippen molar-refractivity contribution < 1.29 is 19.4 Å². The van der Waals surface area contributed by atoms with Gasteiger partial charge in [0.2, 0.25) is 5.91 Å². The first-order valence-electron chi connectivity index (χ1n) is 10.1. The summed E-state index contributed by atoms with van der Waals surface area (Å²) in [7, 11) is 1.55. The fourth-order valence-corrected chi connectivity index (χ4v) is 4.43. The first kappa shape index (κ1) is 23.7. The zero-order valence-corrected chi connectivity index (χ0v) is 19.1. The van der Waals surface area contributed by atoms with Crippen molar-refractivity contribution in [3.8, 4) is 5.75 Å². The fourth-order valence-electron chi connectivity index (χ4n) is 3.41. The van der Waals surface area contributed by atoms with Gasteiger partial charge in [-0.1, -0.05) is 41.7 Å². The van der Waals surface area contributed by atoms with Gasteiger partial charge in [0.15, 0.2) is 11.1 Å². The number of hydrogen-bond acceptors (Lipinski definition) is 6. The summed E-state index contributed by atoms with van der Waals surface area (Å²) in [5, 5.41) is 20.5. The quantitative estimate of drug-likeness (QED) is 0.274. The van der Waals surface area contributed by atoms with E-state index >= 15 is 0 Å². The van der Waals surface area contributed by atoms with Gasteiger partial charge in [-0.3, -0.25) is 19.9 Å². The lowest BCUT2D eigenvalue weighted by Gasteiger charge is -2.24. The summed E-state index contributed by atoms with van der Waals surface area (Å²) in [6.07, 6.45) is -0.222. The van der Waals surface area contributed by atoms with Gasteiger partial charge < -0.3 is 20.9 Å². The third-order valence-corrected chi connectivity index (χ3v) is 5.97. The van der Waals surface area contributed by atoms with Crippen LogP contribution in [0.1, 0.15) is 30.0 Å². The Bertz CT molecular complexity index is 1130. The summed E-state index contributed by atoms with van der Waals surface area (Å²) in [4.78, 5) is 31.1. The van der Waals surface area contributed by atoms with E-state index in [-0.39, 0.29) is 24.7 Å². The van der Waals surface area contributed by atoms with Crippen LogP contribution in [-0.2, 0) is 9.59 Å². The van der Waals surface area contributed by atoms with Gasteiger partial charge in [0.05, 0.1) is 19.2 Å². The normalized spacial score (nSPS) is 11.5. The second-order valence-electron chi connectivity index (χ2n) is 7.29. The third-order valence-electron chi connectivity index (χ3n) is 4.91. The average Bonchev–Trinajstić information content (AvgIpc) is 3.12. The number of nitrogens with two attached hydrogens (primary N) is 1. The van der Waals surface area contributed by atoms with E-state index in [9.17, 15) is 14.7 Å². The number of para-hydroxylation sites is 1. The summed E-state index contributed by atoms with van der Waals surface area (Å²) in [6.45, 7) is 1.76. The maximum absolute atomic E-state index is 13.6. The molecule has 0 aliphatic heterocycles. The molecule has 1 aromatic heterocycles. The highest BCUT2D eigenvalue weighted by Crippen LogP contribution is 2.38. The number of rotatable bonds is 9. The van der Waals surface area contributed by atoms with Crippen molar-refractivity contribution in [2.75, 3.05) is 17.3 Å². The molecule has 0 radical (unpaired) electrons. The van der Waals surface area contributed by atoms with Gasteiger partial charge in [0.1, 0.15) is 10.8 Å². The van der Waals surface area contributed by atoms with Crippen LogP contribution in [0.25, 0.3) is 0 Å². The van der Waals surface area contributed by atoms with E-state index in [0.717, 1.165) is 5.56 Å². The predicted octanol–water partition coefficient (Wildman–Crippen LogP) is 4.08. The van der Waals surface area contributed by atoms with Crippen LogP contribution in [0.5, 0.6) is 5.75 Å². The zero-order valence-electron chi connectivity index (χ0n) is 18.2. The molecular formula is C23H25N5O4S. The Kier molecular flexibility index (Phi) is 7.62. The van der Waals surface area contributed by atoms with Crippen LogP contribution in [-0.4, -0.2) is 35.0 Å². The Hall–Kier alpha value is -3.92. The van der Waals surface area contributed by atoms with E-state index in [4.69, 9.17) is 15.9 Å². The number of carbonyl (C=O) groups is 2. The predicted molar refractivity (Wildman–Crippen MR) is 129 cm³/mol. The van der Waals surface area contributed by atoms with Crippen molar-refractivity contribution in [2.24, 2.45) is 5.73 Å². The van der Waals surface area contributed by atoms with E-state index in [0.29, 0.717) is 27.3 Å². The van der Waals surface area contributed by atoms with Crippen molar-refractivity contribution >= 4 is 45.0 Å². The van der Waals surface area contributed by atoms with Crippen LogP contribution in [0.4, 0.5) is 15.8 Å². The van der Waals surface area contributed by atoms with Gasteiger partial charge in [-0.05, 0) is 36.8 Å². The van der Waals surface area contributed by atoms with E-state index in [1.165, 1.54) is 16.2 Å². The Balaban J connectivity index is 1.97. The smallest absolute Gasteiger partial charge is 0.303 e. The zero-order chi connectivity index (χ0) is 24.0. The number of carboxylic acids is 1. The molecule has 33 heavy (non-hydrogen) atoms. The van der Waals surface area contributed by atoms with Crippen molar-refractivity contribution in [2.45, 2.75) is 25.7 Å². The molecule has 1 heterocycles. The summed E-state index contributed by atoms with van der Waals surface area (Å²) in [5.41, 5.74) is 7.37. The second-order valence-corrected chi connectivity index (χ2v) is 8.26. The summed E-state index contributed by atoms with van der Waals surface area (Å²) in [6, 6.07) is 16.1. The number of thiazole rings is 1. The van der Waals surface area contributed by atoms with E-state index in [1.807, 2.05) is 18.2 Å². The number of hydrogen-bond donors (Lipinski definition) is 4. The molecule has 5 N–H and O–H groups in total. The maximum Gasteiger partial charge on any atom is 0.303 e. The van der Waals surface area contributed by atoms with E-state index in [1.54, 1.807) is 50.4 Å². The fraction of sp³-hybridized carbons (Fsp3) is 0.217. The van der Waals surface area contributed by atoms with Crippen molar-refractivity contribution in [3.63, 3.8) is 0 Å². The third kappa shape index (κ3) is 6.07. The lowest BCUT2D eigenvalue weighted by Crippen LogP contribution is -2.28.